The summed E-state index contributed by atoms with van der Waals surface area (Å²) in [6, 6.07) is 16.5. The molecule has 31 heavy (non-hydrogen) atoms. The van der Waals surface area contributed by atoms with Crippen molar-refractivity contribution in [3.63, 3.8) is 0 Å². The highest BCUT2D eigenvalue weighted by Crippen LogP contribution is 2.26. The molecule has 0 aliphatic rings. The van der Waals surface area contributed by atoms with E-state index in [1.165, 1.54) is 18.7 Å². The van der Waals surface area contributed by atoms with E-state index < -0.39 is 11.9 Å². The highest BCUT2D eigenvalue weighted by Gasteiger charge is 2.15. The number of anilines is 2. The number of carbonyl (C=O) groups is 3. The standard InChI is InChI=1S/C23H21N3O4S/c1-14(23(29)30)11-21(27)25-17-7-9-19(10-8-17)31-15(2)22(28)26-18-12-16-5-3-4-6-20(16)24-13-18/h3-13,15H,1-2H3,(H,25,27)(H,26,28)(H,29,30)/b14-11-/t15-/m0/s1. The van der Waals surface area contributed by atoms with E-state index in [1.807, 2.05) is 37.3 Å². The van der Waals surface area contributed by atoms with Crippen LogP contribution in [-0.2, 0) is 14.4 Å². The normalized spacial score (nSPS) is 12.3. The van der Waals surface area contributed by atoms with Crippen molar-refractivity contribution in [2.45, 2.75) is 24.0 Å². The number of aliphatic carboxylic acids is 1. The number of benzene rings is 2. The van der Waals surface area contributed by atoms with Gasteiger partial charge in [0, 0.05) is 27.6 Å². The van der Waals surface area contributed by atoms with E-state index in [0.29, 0.717) is 11.4 Å². The van der Waals surface area contributed by atoms with Crippen LogP contribution in [0, 0.1) is 0 Å². The van der Waals surface area contributed by atoms with Gasteiger partial charge < -0.3 is 15.7 Å². The zero-order valence-electron chi connectivity index (χ0n) is 17.0. The van der Waals surface area contributed by atoms with Crippen LogP contribution in [0.3, 0.4) is 0 Å². The second-order valence-corrected chi connectivity index (χ2v) is 8.23. The minimum atomic E-state index is -1.14. The summed E-state index contributed by atoms with van der Waals surface area (Å²) in [7, 11) is 0. The van der Waals surface area contributed by atoms with Gasteiger partial charge in [-0.1, -0.05) is 18.2 Å². The van der Waals surface area contributed by atoms with Crippen LogP contribution < -0.4 is 10.6 Å². The lowest BCUT2D eigenvalue weighted by atomic mass is 10.2. The lowest BCUT2D eigenvalue weighted by Gasteiger charge is -2.13. The maximum atomic E-state index is 12.6. The number of rotatable bonds is 7. The number of thioether (sulfide) groups is 1. The van der Waals surface area contributed by atoms with Crippen LogP contribution in [0.25, 0.3) is 10.9 Å². The molecule has 3 aromatic rings. The SMILES string of the molecule is C/C(=C/C(=O)Nc1ccc(S[C@@H](C)C(=O)Nc2cnc3ccccc3c2)cc1)C(=O)O. The van der Waals surface area contributed by atoms with Gasteiger partial charge in [0.2, 0.25) is 11.8 Å². The fourth-order valence-corrected chi connectivity index (χ4v) is 3.56. The van der Waals surface area contributed by atoms with E-state index in [1.54, 1.807) is 30.5 Å². The highest BCUT2D eigenvalue weighted by atomic mass is 32.2. The zero-order chi connectivity index (χ0) is 22.4. The summed E-state index contributed by atoms with van der Waals surface area (Å²) in [4.78, 5) is 40.3. The van der Waals surface area contributed by atoms with Crippen LogP contribution in [0.15, 0.2) is 77.3 Å². The maximum Gasteiger partial charge on any atom is 0.331 e. The van der Waals surface area contributed by atoms with Gasteiger partial charge in [0.25, 0.3) is 0 Å². The van der Waals surface area contributed by atoms with Crippen molar-refractivity contribution in [3.8, 4) is 0 Å². The third-order valence-corrected chi connectivity index (χ3v) is 5.46. The number of fused-ring (bicyclic) bond motifs is 1. The molecule has 1 aromatic heterocycles. The lowest BCUT2D eigenvalue weighted by molar-refractivity contribution is -0.132. The Kier molecular flexibility index (Phi) is 7.04. The van der Waals surface area contributed by atoms with Crippen LogP contribution in [0.4, 0.5) is 11.4 Å². The monoisotopic (exact) mass is 435 g/mol. The van der Waals surface area contributed by atoms with Crippen molar-refractivity contribution < 1.29 is 19.5 Å². The molecule has 2 aromatic carbocycles. The van der Waals surface area contributed by atoms with Crippen molar-refractivity contribution in [2.75, 3.05) is 10.6 Å². The van der Waals surface area contributed by atoms with E-state index >= 15 is 0 Å². The first kappa shape index (κ1) is 22.0. The zero-order valence-corrected chi connectivity index (χ0v) is 17.8. The molecule has 3 rings (SSSR count). The van der Waals surface area contributed by atoms with Gasteiger partial charge in [0.1, 0.15) is 0 Å². The largest absolute Gasteiger partial charge is 0.478 e. The lowest BCUT2D eigenvalue weighted by Crippen LogP contribution is -2.22. The van der Waals surface area contributed by atoms with Crippen LogP contribution in [0.1, 0.15) is 13.8 Å². The molecule has 8 heteroatoms. The molecule has 0 fully saturated rings. The number of hydrogen-bond donors (Lipinski definition) is 3. The van der Waals surface area contributed by atoms with Crippen LogP contribution in [-0.4, -0.2) is 33.1 Å². The van der Waals surface area contributed by atoms with E-state index in [4.69, 9.17) is 5.11 Å². The predicted octanol–water partition coefficient (Wildman–Crippen LogP) is 4.32. The van der Waals surface area contributed by atoms with E-state index in [-0.39, 0.29) is 16.7 Å². The van der Waals surface area contributed by atoms with Gasteiger partial charge in [-0.05, 0) is 50.2 Å². The summed E-state index contributed by atoms with van der Waals surface area (Å²) >= 11 is 1.38. The first-order valence-electron chi connectivity index (χ1n) is 9.47. The number of nitrogens with one attached hydrogen (secondary N) is 2. The molecule has 0 unspecified atom stereocenters. The Labute approximate surface area is 183 Å². The number of carboxylic acids is 1. The average molecular weight is 436 g/mol. The number of hydrogen-bond acceptors (Lipinski definition) is 5. The Morgan fingerprint density at radius 3 is 2.45 bits per heavy atom. The fourth-order valence-electron chi connectivity index (χ4n) is 2.69. The van der Waals surface area contributed by atoms with Crippen LogP contribution >= 0.6 is 11.8 Å². The van der Waals surface area contributed by atoms with Gasteiger partial charge in [-0.15, -0.1) is 11.8 Å². The number of carboxylic acid groups (broad SMARTS) is 1. The minimum absolute atomic E-state index is 0.0499. The molecule has 2 amide bonds. The Morgan fingerprint density at radius 2 is 1.74 bits per heavy atom. The summed E-state index contributed by atoms with van der Waals surface area (Å²) < 4.78 is 0. The fraction of sp³-hybridized carbons (Fsp3) is 0.130. The van der Waals surface area contributed by atoms with Crippen LogP contribution in [0.5, 0.6) is 0 Å². The third-order valence-electron chi connectivity index (χ3n) is 4.35. The molecule has 0 bridgehead atoms. The predicted molar refractivity (Wildman–Crippen MR) is 122 cm³/mol. The van der Waals surface area contributed by atoms with Gasteiger partial charge in [0.15, 0.2) is 0 Å². The van der Waals surface area contributed by atoms with Crippen molar-refractivity contribution in [3.05, 3.63) is 72.4 Å². The van der Waals surface area contributed by atoms with Gasteiger partial charge in [0.05, 0.1) is 22.7 Å². The molecule has 0 aliphatic heterocycles. The van der Waals surface area contributed by atoms with E-state index in [9.17, 15) is 14.4 Å². The topological polar surface area (TPSA) is 108 Å². The molecule has 158 valence electrons. The number of pyridine rings is 1. The van der Waals surface area contributed by atoms with Crippen molar-refractivity contribution in [1.29, 1.82) is 0 Å². The van der Waals surface area contributed by atoms with Gasteiger partial charge >= 0.3 is 5.97 Å². The number of aromatic nitrogens is 1. The Morgan fingerprint density at radius 1 is 1.03 bits per heavy atom. The Hall–Kier alpha value is -3.65. The molecular weight excluding hydrogens is 414 g/mol. The molecule has 1 atom stereocenters. The molecule has 0 spiro atoms. The number of amides is 2. The Bertz CT molecular complexity index is 1160. The van der Waals surface area contributed by atoms with Crippen LogP contribution in [0.2, 0.25) is 0 Å². The van der Waals surface area contributed by atoms with Crippen molar-refractivity contribution in [1.82, 2.24) is 4.98 Å². The third kappa shape index (κ3) is 6.16. The summed E-state index contributed by atoms with van der Waals surface area (Å²) in [5.41, 5.74) is 1.98. The molecule has 7 nitrogen and oxygen atoms in total. The molecule has 1 heterocycles. The van der Waals surface area contributed by atoms with E-state index in [2.05, 4.69) is 15.6 Å². The Balaban J connectivity index is 1.57. The molecule has 0 saturated heterocycles. The molecule has 0 aliphatic carbocycles. The molecule has 0 radical (unpaired) electrons. The second-order valence-electron chi connectivity index (χ2n) is 6.81. The van der Waals surface area contributed by atoms with Crippen molar-refractivity contribution in [2.24, 2.45) is 0 Å². The van der Waals surface area contributed by atoms with E-state index in [0.717, 1.165) is 21.9 Å². The van der Waals surface area contributed by atoms with Gasteiger partial charge in [-0.3, -0.25) is 14.6 Å². The van der Waals surface area contributed by atoms with Gasteiger partial charge in [-0.2, -0.15) is 0 Å². The first-order chi connectivity index (χ1) is 14.8. The number of nitrogens with zero attached hydrogens (tertiary/aromatic N) is 1. The number of para-hydroxylation sites is 1. The summed E-state index contributed by atoms with van der Waals surface area (Å²) in [6.07, 6.45) is 2.66. The average Bonchev–Trinajstić information content (AvgIpc) is 2.74. The summed E-state index contributed by atoms with van der Waals surface area (Å²) in [5, 5.41) is 14.9. The molecule has 0 saturated carbocycles. The minimum Gasteiger partial charge on any atom is -0.478 e. The summed E-state index contributed by atoms with van der Waals surface area (Å²) in [5.74, 6) is -1.81. The molecule has 3 N–H and O–H groups in total. The number of carbonyl (C=O) groups excluding carboxylic acids is 2. The first-order valence-corrected chi connectivity index (χ1v) is 10.3. The molecular formula is C23H21N3O4S. The van der Waals surface area contributed by atoms with Crippen molar-refractivity contribution >= 4 is 51.8 Å². The smallest absolute Gasteiger partial charge is 0.331 e. The quantitative estimate of drug-likeness (QED) is 0.377. The summed E-state index contributed by atoms with van der Waals surface area (Å²) in [6.45, 7) is 3.16. The highest BCUT2D eigenvalue weighted by molar-refractivity contribution is 8.00. The second kappa shape index (κ2) is 9.90. The van der Waals surface area contributed by atoms with Gasteiger partial charge in [-0.25, -0.2) is 4.79 Å². The maximum absolute atomic E-state index is 12.6.